The van der Waals surface area contributed by atoms with E-state index in [1.54, 1.807) is 93.7 Å². The highest BCUT2D eigenvalue weighted by Crippen LogP contribution is 2.66. The number of aryl methyl sites for hydroxylation is 4. The van der Waals surface area contributed by atoms with Gasteiger partial charge in [-0.3, -0.25) is 39.2 Å². The van der Waals surface area contributed by atoms with Crippen molar-refractivity contribution in [3.05, 3.63) is 287 Å². The Kier molecular flexibility index (Phi) is 32.9. The predicted molar refractivity (Wildman–Crippen MR) is 577 cm³/mol. The summed E-state index contributed by atoms with van der Waals surface area (Å²) in [7, 11) is 7.10. The second-order valence-electron chi connectivity index (χ2n) is 45.0. The zero-order chi connectivity index (χ0) is 105. The molecule has 28 heteroatoms. The normalized spacial score (nSPS) is 27.9. The SMILES string of the molecule is CCO.COC1CCC2(CC1)Cc1ccc(CCC3CC3)cc1C21N=C(N)N(Cc2ccc(C#N)cc2)C1=O.COC1CCC2(CC1)Cc1ccc(CCC3CC3)cc1C21NC(=O)N(Cc2ccc(C#N)cc2)C1=O.COC1CCC2(CC1)Cc1ccc(CCC3CC3)cc1C21NC(=O)NC1=O.COC1CCC2(CC1)Cc1ccc(CCC3CC3)cc1C21NC(=S)N(Cc2ccc(C#N)cc2)C1=O.NO.[C-]#[N+]c1ccc(CCl)cc1. The largest absolute Gasteiger partial charge is 0.397 e. The zero-order valence-corrected chi connectivity index (χ0v) is 88.8. The van der Waals surface area contributed by atoms with Crippen LogP contribution in [-0.4, -0.2) is 131 Å². The maximum absolute atomic E-state index is 14.5. The van der Waals surface area contributed by atoms with Crippen LogP contribution in [0.1, 0.15) is 292 Å². The minimum absolute atomic E-state index is 0.00156. The molecule has 26 nitrogen and oxygen atoms in total. The Morgan fingerprint density at radius 2 is 0.727 bits per heavy atom. The molecule has 8 amide bonds. The Labute approximate surface area is 892 Å². The van der Waals surface area contributed by atoms with Crippen LogP contribution in [0.15, 0.2) is 175 Å². The van der Waals surface area contributed by atoms with E-state index in [4.69, 9.17) is 86.2 Å². The Morgan fingerprint density at radius 3 is 1.07 bits per heavy atom. The molecular formula is C122H143ClN14O12S. The number of hydrogen-bond acceptors (Lipinski definition) is 19. The van der Waals surface area contributed by atoms with E-state index < -0.39 is 22.2 Å². The van der Waals surface area contributed by atoms with E-state index in [1.807, 2.05) is 48.5 Å². The number of amides is 8. The lowest BCUT2D eigenvalue weighted by Crippen LogP contribution is -2.56. The van der Waals surface area contributed by atoms with Crippen LogP contribution in [0.5, 0.6) is 0 Å². The third kappa shape index (κ3) is 21.2. The number of rotatable bonds is 23. The van der Waals surface area contributed by atoms with Gasteiger partial charge in [-0.1, -0.05) is 185 Å². The van der Waals surface area contributed by atoms with E-state index in [-0.39, 0.29) is 94.9 Å². The number of benzene rings is 8. The average molecular weight is 2070 g/mol. The minimum atomic E-state index is -1.03. The van der Waals surface area contributed by atoms with Crippen LogP contribution in [0.4, 0.5) is 15.3 Å². The molecule has 786 valence electrons. The van der Waals surface area contributed by atoms with Crippen LogP contribution in [0.25, 0.3) is 4.85 Å². The quantitative estimate of drug-likeness (QED) is 0.00969. The van der Waals surface area contributed by atoms with Gasteiger partial charge in [0.05, 0.1) is 85.5 Å². The number of nitrogens with two attached hydrogens (primary N) is 2. The topological polar surface area (TPSA) is 378 Å². The monoisotopic (exact) mass is 2060 g/mol. The van der Waals surface area contributed by atoms with Gasteiger partial charge in [0.1, 0.15) is 0 Å². The molecule has 10 N–H and O–H groups in total. The third-order valence-corrected chi connectivity index (χ3v) is 36.9. The van der Waals surface area contributed by atoms with Crippen molar-refractivity contribution in [2.75, 3.05) is 35.0 Å². The molecule has 4 heterocycles. The summed E-state index contributed by atoms with van der Waals surface area (Å²) >= 11 is 11.4. The van der Waals surface area contributed by atoms with Gasteiger partial charge < -0.3 is 50.9 Å². The molecule has 0 bridgehead atoms. The van der Waals surface area contributed by atoms with Crippen LogP contribution < -0.4 is 32.9 Å². The minimum Gasteiger partial charge on any atom is -0.397 e. The van der Waals surface area contributed by atoms with Crippen molar-refractivity contribution in [1.29, 1.82) is 15.8 Å². The van der Waals surface area contributed by atoms with Crippen LogP contribution in [0, 0.1) is 85.9 Å². The Morgan fingerprint density at radius 1 is 0.420 bits per heavy atom. The zero-order valence-electron chi connectivity index (χ0n) is 87.3. The van der Waals surface area contributed by atoms with Gasteiger partial charge in [-0.2, -0.15) is 15.8 Å². The van der Waals surface area contributed by atoms with Crippen molar-refractivity contribution >= 4 is 76.3 Å². The standard InChI is InChI=1S/C30H34N4O2.C30H33N3O3.C30H33N3O2S.C22H28N2O3.C8H6ClN.C2H6O.H3NO/c1-36-25-12-14-29(15-13-25)17-24-11-10-21(5-4-20-2-3-20)16-26(24)30(29)27(35)34(28(32)33-30)19-23-8-6-22(18-31)7-9-23;1-36-25-12-14-29(15-13-25)17-24-11-10-21(5-4-20-2-3-20)16-26(24)30(29)27(34)33(28(35)32-30)19-23-8-6-22(18-31)7-9-23;1-35-25-12-14-29(15-13-25)17-24-11-10-21(5-4-20-2-3-20)16-26(24)30(29)27(34)33(28(36)32-30)19-23-8-6-22(18-31)7-9-23;1-27-17-8-10-21(11-9-17)13-16-7-6-15(5-4-14-2-3-14)12-18(16)22(21)19(25)23-20(26)24-22;1-10-8-4-2-7(6-9)3-5-8;1-2-3;1-2/h6-11,16,20,25H,2-5,12-15,17,19H2,1H3,(H2,32,33);6-11,16,20,25H,2-5,12-15,17,19H2,1H3,(H,32,35);6-11,16,20,25H,2-5,12-15,17,19H2,1H3,(H,32,36);6-7,12,14,17H,2-5,8-11,13H2,1H3,(H2,23,24,25,26);2-5H,6H2;3H,2H2,1H3;2H,1H2. The highest BCUT2D eigenvalue weighted by Gasteiger charge is 2.72. The predicted octanol–water partition coefficient (Wildman–Crippen LogP) is 20.2. The van der Waals surface area contributed by atoms with Gasteiger partial charge in [-0.15, -0.1) is 11.6 Å². The number of hydrogen-bond donors (Lipinski definition) is 8. The molecule has 24 rings (SSSR count). The van der Waals surface area contributed by atoms with E-state index in [1.165, 1.54) is 126 Å². The first kappa shape index (κ1) is 108. The Hall–Kier alpha value is -12.1. The molecule has 4 aliphatic heterocycles. The van der Waals surface area contributed by atoms with Crippen molar-refractivity contribution in [2.24, 2.45) is 62.0 Å². The second-order valence-corrected chi connectivity index (χ2v) is 45.6. The van der Waals surface area contributed by atoms with E-state index in [0.717, 1.165) is 222 Å². The molecule has 150 heavy (non-hydrogen) atoms. The van der Waals surface area contributed by atoms with Gasteiger partial charge in [0.2, 0.25) is 0 Å². The number of methoxy groups -OCH3 is 4. The summed E-state index contributed by atoms with van der Waals surface area (Å²) in [4.78, 5) is 95.4. The fraction of sp³-hybridized carbons (Fsp3) is 0.508. The van der Waals surface area contributed by atoms with Crippen LogP contribution in [-0.2, 0) is 137 Å². The van der Waals surface area contributed by atoms with Gasteiger partial charge in [-0.25, -0.2) is 25.3 Å². The second kappa shape index (κ2) is 45.8. The molecule has 0 aromatic heterocycles. The molecule has 0 radical (unpaired) electrons. The summed E-state index contributed by atoms with van der Waals surface area (Å²) in [6.45, 7) is 9.56. The number of aliphatic hydroxyl groups is 1. The first-order valence-corrected chi connectivity index (χ1v) is 55.3. The summed E-state index contributed by atoms with van der Waals surface area (Å²) in [5.74, 6) is 7.57. The highest BCUT2D eigenvalue weighted by molar-refractivity contribution is 7.80. The lowest BCUT2D eigenvalue weighted by Gasteiger charge is -2.46. The Bertz CT molecular complexity index is 6250. The average Bonchev–Trinajstić information content (AvgIpc) is 1.53. The first-order chi connectivity index (χ1) is 72.8. The molecule has 8 spiro atoms. The highest BCUT2D eigenvalue weighted by atomic mass is 35.5. The maximum Gasteiger partial charge on any atom is 0.325 e. The van der Waals surface area contributed by atoms with E-state index in [0.29, 0.717) is 52.4 Å². The summed E-state index contributed by atoms with van der Waals surface area (Å²) in [6.07, 6.45) is 38.8. The number of thiocarbonyl (C=S) groups is 1. The molecule has 4 atom stereocenters. The van der Waals surface area contributed by atoms with E-state index in [2.05, 4.69) is 123 Å². The molecule has 4 unspecified atom stereocenters. The third-order valence-electron chi connectivity index (χ3n) is 36.3. The summed E-state index contributed by atoms with van der Waals surface area (Å²) in [5, 5.41) is 54.5. The molecule has 12 aliphatic carbocycles. The summed E-state index contributed by atoms with van der Waals surface area (Å²) < 4.78 is 22.6. The lowest BCUT2D eigenvalue weighted by molar-refractivity contribution is -0.139. The smallest absolute Gasteiger partial charge is 0.325 e. The number of carbonyl (C=O) groups is 6. The van der Waals surface area contributed by atoms with Gasteiger partial charge >= 0.3 is 12.1 Å². The summed E-state index contributed by atoms with van der Waals surface area (Å²) in [6, 6.07) is 61.8. The number of carbonyl (C=O) groups excluding carboxylic acids is 6. The number of aliphatic hydroxyl groups excluding tert-OH is 1. The number of guanidine groups is 1. The van der Waals surface area contributed by atoms with Gasteiger partial charge in [0.15, 0.2) is 38.9 Å². The van der Waals surface area contributed by atoms with Crippen molar-refractivity contribution in [1.82, 2.24) is 36.0 Å². The number of aliphatic imine (C=N–C) groups is 1. The number of fused-ring (bicyclic) bond motifs is 12. The van der Waals surface area contributed by atoms with Crippen molar-refractivity contribution in [3.8, 4) is 18.2 Å². The number of nitriles is 3. The number of ether oxygens (including phenoxy) is 4. The Balaban J connectivity index is 0.000000125. The lowest BCUT2D eigenvalue weighted by atomic mass is 9.61. The van der Waals surface area contributed by atoms with E-state index >= 15 is 0 Å². The van der Waals surface area contributed by atoms with Crippen molar-refractivity contribution in [3.63, 3.8) is 0 Å². The summed E-state index contributed by atoms with van der Waals surface area (Å²) in [5.41, 5.74) is 22.4. The number of imide groups is 2. The molecular weight excluding hydrogens is 1920 g/mol. The van der Waals surface area contributed by atoms with Crippen LogP contribution >= 0.6 is 23.8 Å². The number of nitrogens with one attached hydrogen (secondary N) is 4. The maximum atomic E-state index is 14.5. The molecule has 8 aromatic carbocycles. The van der Waals surface area contributed by atoms with Gasteiger partial charge in [0.25, 0.3) is 23.6 Å². The molecule has 8 saturated carbocycles. The number of urea groups is 2. The van der Waals surface area contributed by atoms with Crippen LogP contribution in [0.2, 0.25) is 0 Å². The number of nitrogens with zero attached hydrogens (tertiary/aromatic N) is 8. The number of alkyl halides is 1. The van der Waals surface area contributed by atoms with E-state index in [9.17, 15) is 28.8 Å². The van der Waals surface area contributed by atoms with Gasteiger partial charge in [0, 0.05) is 62.6 Å². The van der Waals surface area contributed by atoms with Crippen LogP contribution in [0.3, 0.4) is 0 Å². The number of halogens is 1. The van der Waals surface area contributed by atoms with Crippen molar-refractivity contribution in [2.45, 2.75) is 310 Å². The van der Waals surface area contributed by atoms with Gasteiger partial charge in [-0.05, 0) is 348 Å². The molecule has 16 aliphatic rings. The fourth-order valence-corrected chi connectivity index (χ4v) is 27.6. The molecule has 11 fully saturated rings. The molecule has 8 aromatic rings. The first-order valence-electron chi connectivity index (χ1n) is 54.3. The van der Waals surface area contributed by atoms with Crippen molar-refractivity contribution < 1.29 is 58.0 Å². The molecule has 3 saturated heterocycles. The fourth-order valence-electron chi connectivity index (χ4n) is 27.1.